The lowest BCUT2D eigenvalue weighted by molar-refractivity contribution is -0.119. The first-order valence-corrected chi connectivity index (χ1v) is 7.38. The van der Waals surface area contributed by atoms with Gasteiger partial charge in [0.05, 0.1) is 13.7 Å². The van der Waals surface area contributed by atoms with Gasteiger partial charge in [-0.15, -0.1) is 11.3 Å². The number of rotatable bonds is 7. The Morgan fingerprint density at radius 3 is 2.73 bits per heavy atom. The number of nitrogens with one attached hydrogen (secondary N) is 1. The van der Waals surface area contributed by atoms with E-state index in [-0.39, 0.29) is 12.5 Å². The number of thiophene rings is 1. The fourth-order valence-electron chi connectivity index (χ4n) is 1.76. The van der Waals surface area contributed by atoms with Crippen LogP contribution in [0.15, 0.2) is 35.7 Å². The molecule has 0 aliphatic rings. The summed E-state index contributed by atoms with van der Waals surface area (Å²) in [7, 11) is 1.46. The topological polar surface area (TPSA) is 90.7 Å². The molecule has 0 bridgehead atoms. The second-order valence-electron chi connectivity index (χ2n) is 4.38. The van der Waals surface area contributed by atoms with E-state index in [1.54, 1.807) is 29.5 Å². The predicted octanol–water partition coefficient (Wildman–Crippen LogP) is 1.55. The average molecular weight is 320 g/mol. The summed E-state index contributed by atoms with van der Waals surface area (Å²) in [5, 5.41) is 4.78. The van der Waals surface area contributed by atoms with Crippen molar-refractivity contribution in [2.24, 2.45) is 5.73 Å². The minimum absolute atomic E-state index is 0.215. The summed E-state index contributed by atoms with van der Waals surface area (Å²) in [6.07, 6.45) is 0. The van der Waals surface area contributed by atoms with Gasteiger partial charge in [-0.2, -0.15) is 0 Å². The third kappa shape index (κ3) is 4.23. The summed E-state index contributed by atoms with van der Waals surface area (Å²) in [6.45, 7) is 0.221. The first kappa shape index (κ1) is 15.8. The summed E-state index contributed by atoms with van der Waals surface area (Å²) in [6, 6.07) is 8.61. The number of amides is 2. The SMILES string of the molecule is COc1cc(C(=O)NCc2cccs2)ccc1OCC(N)=O. The van der Waals surface area contributed by atoms with Crippen molar-refractivity contribution < 1.29 is 19.1 Å². The Labute approximate surface area is 131 Å². The van der Waals surface area contributed by atoms with Crippen LogP contribution in [-0.4, -0.2) is 25.5 Å². The molecular weight excluding hydrogens is 304 g/mol. The van der Waals surface area contributed by atoms with E-state index in [2.05, 4.69) is 5.32 Å². The Balaban J connectivity index is 2.04. The summed E-state index contributed by atoms with van der Waals surface area (Å²) in [5.74, 6) is -0.0749. The number of nitrogens with two attached hydrogens (primary N) is 1. The van der Waals surface area contributed by atoms with Crippen molar-refractivity contribution >= 4 is 23.2 Å². The van der Waals surface area contributed by atoms with Crippen molar-refractivity contribution in [2.45, 2.75) is 6.54 Å². The average Bonchev–Trinajstić information content (AvgIpc) is 3.03. The highest BCUT2D eigenvalue weighted by Gasteiger charge is 2.12. The van der Waals surface area contributed by atoms with Gasteiger partial charge in [-0.25, -0.2) is 0 Å². The zero-order valence-electron chi connectivity index (χ0n) is 12.0. The lowest BCUT2D eigenvalue weighted by atomic mass is 10.2. The third-order valence-corrected chi connectivity index (χ3v) is 3.68. The van der Waals surface area contributed by atoms with Gasteiger partial charge in [0.1, 0.15) is 0 Å². The number of primary amides is 1. The van der Waals surface area contributed by atoms with E-state index in [1.165, 1.54) is 7.11 Å². The van der Waals surface area contributed by atoms with Gasteiger partial charge in [-0.05, 0) is 29.6 Å². The molecule has 1 heterocycles. The van der Waals surface area contributed by atoms with E-state index in [1.807, 2.05) is 17.5 Å². The van der Waals surface area contributed by atoms with E-state index in [0.29, 0.717) is 23.6 Å². The molecule has 0 radical (unpaired) electrons. The van der Waals surface area contributed by atoms with Gasteiger partial charge in [0, 0.05) is 10.4 Å². The quantitative estimate of drug-likeness (QED) is 0.810. The van der Waals surface area contributed by atoms with Crippen LogP contribution < -0.4 is 20.5 Å². The van der Waals surface area contributed by atoms with Gasteiger partial charge in [0.15, 0.2) is 18.1 Å². The van der Waals surface area contributed by atoms with E-state index >= 15 is 0 Å². The van der Waals surface area contributed by atoms with Gasteiger partial charge < -0.3 is 20.5 Å². The van der Waals surface area contributed by atoms with Crippen molar-refractivity contribution in [3.05, 3.63) is 46.2 Å². The second-order valence-corrected chi connectivity index (χ2v) is 5.41. The summed E-state index contributed by atoms with van der Waals surface area (Å²) >= 11 is 1.58. The van der Waals surface area contributed by atoms with Crippen molar-refractivity contribution in [1.82, 2.24) is 5.32 Å². The molecule has 0 saturated heterocycles. The Bertz CT molecular complexity index is 656. The lowest BCUT2D eigenvalue weighted by Crippen LogP contribution is -2.22. The minimum atomic E-state index is -0.583. The molecule has 7 heteroatoms. The molecule has 6 nitrogen and oxygen atoms in total. The molecule has 22 heavy (non-hydrogen) atoms. The van der Waals surface area contributed by atoms with Crippen LogP contribution in [-0.2, 0) is 11.3 Å². The maximum Gasteiger partial charge on any atom is 0.255 e. The van der Waals surface area contributed by atoms with E-state index < -0.39 is 5.91 Å². The number of hydrogen-bond acceptors (Lipinski definition) is 5. The summed E-state index contributed by atoms with van der Waals surface area (Å²) in [4.78, 5) is 23.9. The van der Waals surface area contributed by atoms with Crippen LogP contribution in [0.1, 0.15) is 15.2 Å². The fourth-order valence-corrected chi connectivity index (χ4v) is 2.40. The van der Waals surface area contributed by atoms with Gasteiger partial charge in [0.2, 0.25) is 0 Å². The minimum Gasteiger partial charge on any atom is -0.493 e. The molecule has 0 fully saturated rings. The lowest BCUT2D eigenvalue weighted by Gasteiger charge is -2.11. The van der Waals surface area contributed by atoms with Crippen LogP contribution in [0.25, 0.3) is 0 Å². The zero-order chi connectivity index (χ0) is 15.9. The van der Waals surface area contributed by atoms with E-state index in [0.717, 1.165) is 4.88 Å². The molecule has 1 aromatic heterocycles. The molecule has 116 valence electrons. The molecule has 0 saturated carbocycles. The number of carbonyl (C=O) groups is 2. The first-order valence-electron chi connectivity index (χ1n) is 6.50. The highest BCUT2D eigenvalue weighted by Crippen LogP contribution is 2.28. The van der Waals surface area contributed by atoms with Crippen molar-refractivity contribution in [3.63, 3.8) is 0 Å². The summed E-state index contributed by atoms with van der Waals surface area (Å²) in [5.41, 5.74) is 5.47. The van der Waals surface area contributed by atoms with Gasteiger partial charge in [0.25, 0.3) is 11.8 Å². The molecule has 2 rings (SSSR count). The molecule has 2 amide bonds. The Morgan fingerprint density at radius 1 is 1.27 bits per heavy atom. The molecule has 0 aliphatic carbocycles. The van der Waals surface area contributed by atoms with E-state index in [9.17, 15) is 9.59 Å². The largest absolute Gasteiger partial charge is 0.493 e. The van der Waals surface area contributed by atoms with Crippen molar-refractivity contribution in [3.8, 4) is 11.5 Å². The number of hydrogen-bond donors (Lipinski definition) is 2. The van der Waals surface area contributed by atoms with Gasteiger partial charge in [-0.1, -0.05) is 6.07 Å². The molecule has 3 N–H and O–H groups in total. The number of carbonyl (C=O) groups excluding carboxylic acids is 2. The van der Waals surface area contributed by atoms with Crippen LogP contribution in [0.4, 0.5) is 0 Å². The van der Waals surface area contributed by atoms with Crippen LogP contribution in [0.3, 0.4) is 0 Å². The highest BCUT2D eigenvalue weighted by atomic mass is 32.1. The number of methoxy groups -OCH3 is 1. The van der Waals surface area contributed by atoms with Crippen LogP contribution in [0.2, 0.25) is 0 Å². The molecule has 1 aromatic carbocycles. The molecule has 2 aromatic rings. The maximum atomic E-state index is 12.1. The Kier molecular flexibility index (Phi) is 5.37. The van der Waals surface area contributed by atoms with Crippen LogP contribution >= 0.6 is 11.3 Å². The van der Waals surface area contributed by atoms with Gasteiger partial charge in [-0.3, -0.25) is 9.59 Å². The van der Waals surface area contributed by atoms with E-state index in [4.69, 9.17) is 15.2 Å². The van der Waals surface area contributed by atoms with Crippen LogP contribution in [0, 0.1) is 0 Å². The van der Waals surface area contributed by atoms with Crippen LogP contribution in [0.5, 0.6) is 11.5 Å². The highest BCUT2D eigenvalue weighted by molar-refractivity contribution is 7.09. The van der Waals surface area contributed by atoms with Crippen molar-refractivity contribution in [2.75, 3.05) is 13.7 Å². The smallest absolute Gasteiger partial charge is 0.255 e. The Morgan fingerprint density at radius 2 is 2.09 bits per heavy atom. The molecule has 0 aliphatic heterocycles. The second kappa shape index (κ2) is 7.46. The molecular formula is C15H16N2O4S. The normalized spacial score (nSPS) is 10.0. The first-order chi connectivity index (χ1) is 10.6. The Hall–Kier alpha value is -2.54. The standard InChI is InChI=1S/C15H16N2O4S/c1-20-13-7-10(4-5-12(13)21-9-14(16)18)15(19)17-8-11-3-2-6-22-11/h2-7H,8-9H2,1H3,(H2,16,18)(H,17,19). The number of ether oxygens (including phenoxy) is 2. The monoisotopic (exact) mass is 320 g/mol. The molecule has 0 spiro atoms. The number of benzene rings is 1. The fraction of sp³-hybridized carbons (Fsp3) is 0.200. The van der Waals surface area contributed by atoms with Crippen molar-refractivity contribution in [1.29, 1.82) is 0 Å². The molecule has 0 unspecified atom stereocenters. The zero-order valence-corrected chi connectivity index (χ0v) is 12.8. The molecule has 0 atom stereocenters. The predicted molar refractivity (Wildman–Crippen MR) is 83.2 cm³/mol. The third-order valence-electron chi connectivity index (χ3n) is 2.80. The maximum absolute atomic E-state index is 12.1. The van der Waals surface area contributed by atoms with Gasteiger partial charge >= 0.3 is 0 Å². The summed E-state index contributed by atoms with van der Waals surface area (Å²) < 4.78 is 10.4.